The zero-order valence-corrected chi connectivity index (χ0v) is 12.7. The molecule has 0 spiro atoms. The molecular formula is C13H17ClN2O3S. The molecule has 1 saturated carbocycles. The van der Waals surface area contributed by atoms with Crippen molar-refractivity contribution < 1.29 is 13.2 Å². The van der Waals surface area contributed by atoms with Gasteiger partial charge in [-0.05, 0) is 43.0 Å². The van der Waals surface area contributed by atoms with Crippen molar-refractivity contribution in [1.29, 1.82) is 0 Å². The number of carbonyl (C=O) groups is 1. The minimum Gasteiger partial charge on any atom is -0.326 e. The predicted molar refractivity (Wildman–Crippen MR) is 78.3 cm³/mol. The summed E-state index contributed by atoms with van der Waals surface area (Å²) in [5.41, 5.74) is 0.570. The number of rotatable bonds is 5. The number of hydrogen-bond acceptors (Lipinski definition) is 3. The Morgan fingerprint density at radius 2 is 1.90 bits per heavy atom. The standard InChI is InChI=1S/C13H17ClN2O3S/c1-9(17)16-12-2-4-13(5-3-12)20(18,19)15-8-10-6-11(14)7-10/h2-5,10-11,15H,6-8H2,1H3,(H,16,17). The lowest BCUT2D eigenvalue weighted by atomic mass is 9.85. The summed E-state index contributed by atoms with van der Waals surface area (Å²) in [5, 5.41) is 2.77. The Morgan fingerprint density at radius 1 is 1.30 bits per heavy atom. The van der Waals surface area contributed by atoms with E-state index < -0.39 is 10.0 Å². The second kappa shape index (κ2) is 6.11. The van der Waals surface area contributed by atoms with Crippen molar-refractivity contribution in [3.8, 4) is 0 Å². The van der Waals surface area contributed by atoms with Gasteiger partial charge in [-0.15, -0.1) is 11.6 Å². The van der Waals surface area contributed by atoms with E-state index in [2.05, 4.69) is 10.0 Å². The van der Waals surface area contributed by atoms with Crippen LogP contribution in [-0.2, 0) is 14.8 Å². The van der Waals surface area contributed by atoms with E-state index in [0.717, 1.165) is 12.8 Å². The van der Waals surface area contributed by atoms with Gasteiger partial charge in [0.2, 0.25) is 15.9 Å². The van der Waals surface area contributed by atoms with E-state index in [4.69, 9.17) is 11.6 Å². The number of anilines is 1. The summed E-state index contributed by atoms with van der Waals surface area (Å²) in [4.78, 5) is 11.1. The minimum absolute atomic E-state index is 0.182. The monoisotopic (exact) mass is 316 g/mol. The summed E-state index contributed by atoms with van der Waals surface area (Å²) in [7, 11) is -3.50. The molecule has 0 bridgehead atoms. The molecule has 0 radical (unpaired) electrons. The molecule has 0 atom stereocenters. The third-order valence-corrected chi connectivity index (χ3v) is 5.02. The van der Waals surface area contributed by atoms with Crippen molar-refractivity contribution >= 4 is 33.2 Å². The van der Waals surface area contributed by atoms with E-state index in [1.807, 2.05) is 0 Å². The second-order valence-corrected chi connectivity index (χ2v) is 7.38. The highest BCUT2D eigenvalue weighted by molar-refractivity contribution is 7.89. The molecule has 0 unspecified atom stereocenters. The van der Waals surface area contributed by atoms with Gasteiger partial charge in [0, 0.05) is 24.5 Å². The summed E-state index contributed by atoms with van der Waals surface area (Å²) < 4.78 is 26.7. The van der Waals surface area contributed by atoms with Crippen molar-refractivity contribution in [1.82, 2.24) is 4.72 Å². The molecule has 20 heavy (non-hydrogen) atoms. The maximum absolute atomic E-state index is 12.1. The van der Waals surface area contributed by atoms with E-state index >= 15 is 0 Å². The Morgan fingerprint density at radius 3 is 2.40 bits per heavy atom. The first-order chi connectivity index (χ1) is 9.37. The van der Waals surface area contributed by atoms with Crippen LogP contribution < -0.4 is 10.0 Å². The fourth-order valence-electron chi connectivity index (χ4n) is 2.05. The van der Waals surface area contributed by atoms with Gasteiger partial charge in [-0.3, -0.25) is 4.79 Å². The van der Waals surface area contributed by atoms with Gasteiger partial charge in [0.25, 0.3) is 0 Å². The summed E-state index contributed by atoms with van der Waals surface area (Å²) >= 11 is 5.86. The maximum Gasteiger partial charge on any atom is 0.240 e. The number of alkyl halides is 1. The second-order valence-electron chi connectivity index (χ2n) is 4.99. The van der Waals surface area contributed by atoms with Gasteiger partial charge in [0.1, 0.15) is 0 Å². The third kappa shape index (κ3) is 3.94. The number of benzene rings is 1. The van der Waals surface area contributed by atoms with Crippen LogP contribution in [0.25, 0.3) is 0 Å². The molecule has 2 rings (SSSR count). The largest absolute Gasteiger partial charge is 0.326 e. The molecule has 0 heterocycles. The molecule has 0 aromatic heterocycles. The first-order valence-corrected chi connectivity index (χ1v) is 8.30. The number of nitrogens with one attached hydrogen (secondary N) is 2. The molecule has 7 heteroatoms. The van der Waals surface area contributed by atoms with E-state index in [0.29, 0.717) is 18.2 Å². The Kier molecular flexibility index (Phi) is 4.67. The highest BCUT2D eigenvalue weighted by atomic mass is 35.5. The van der Waals surface area contributed by atoms with Crippen molar-refractivity contribution in [3.05, 3.63) is 24.3 Å². The maximum atomic E-state index is 12.1. The lowest BCUT2D eigenvalue weighted by Gasteiger charge is -2.30. The van der Waals surface area contributed by atoms with Crippen LogP contribution in [0.3, 0.4) is 0 Å². The van der Waals surface area contributed by atoms with Crippen LogP contribution in [0.2, 0.25) is 0 Å². The molecule has 0 saturated heterocycles. The van der Waals surface area contributed by atoms with Gasteiger partial charge >= 0.3 is 0 Å². The number of hydrogen-bond donors (Lipinski definition) is 2. The number of halogens is 1. The number of amides is 1. The van der Waals surface area contributed by atoms with Crippen molar-refractivity contribution in [2.75, 3.05) is 11.9 Å². The van der Waals surface area contributed by atoms with E-state index in [-0.39, 0.29) is 16.2 Å². The molecule has 110 valence electrons. The highest BCUT2D eigenvalue weighted by Gasteiger charge is 2.28. The van der Waals surface area contributed by atoms with E-state index in [1.54, 1.807) is 12.1 Å². The topological polar surface area (TPSA) is 75.3 Å². The molecular weight excluding hydrogens is 300 g/mol. The van der Waals surface area contributed by atoms with Crippen molar-refractivity contribution in [2.45, 2.75) is 30.0 Å². The summed E-state index contributed by atoms with van der Waals surface area (Å²) in [6.07, 6.45) is 1.71. The van der Waals surface area contributed by atoms with Gasteiger partial charge in [-0.2, -0.15) is 0 Å². The molecule has 0 aliphatic heterocycles. The van der Waals surface area contributed by atoms with Gasteiger partial charge < -0.3 is 5.32 Å². The van der Waals surface area contributed by atoms with E-state index in [1.165, 1.54) is 19.1 Å². The summed E-state index contributed by atoms with van der Waals surface area (Å²) in [6.45, 7) is 1.81. The molecule has 1 amide bonds. The summed E-state index contributed by atoms with van der Waals surface area (Å²) in [6, 6.07) is 6.07. The molecule has 1 aromatic rings. The van der Waals surface area contributed by atoms with Crippen LogP contribution in [0.1, 0.15) is 19.8 Å². The smallest absolute Gasteiger partial charge is 0.240 e. The first kappa shape index (κ1) is 15.3. The highest BCUT2D eigenvalue weighted by Crippen LogP contribution is 2.31. The van der Waals surface area contributed by atoms with Crippen molar-refractivity contribution in [2.24, 2.45) is 5.92 Å². The lowest BCUT2D eigenvalue weighted by Crippen LogP contribution is -2.36. The fraction of sp³-hybridized carbons (Fsp3) is 0.462. The number of sulfonamides is 1. The Balaban J connectivity index is 1.96. The zero-order chi connectivity index (χ0) is 14.8. The average molecular weight is 317 g/mol. The van der Waals surface area contributed by atoms with Crippen LogP contribution in [0, 0.1) is 5.92 Å². The Hall–Kier alpha value is -1.11. The average Bonchev–Trinajstić information content (AvgIpc) is 2.33. The Labute approximate surface area is 123 Å². The zero-order valence-electron chi connectivity index (χ0n) is 11.1. The van der Waals surface area contributed by atoms with Crippen LogP contribution in [0.4, 0.5) is 5.69 Å². The molecule has 5 nitrogen and oxygen atoms in total. The van der Waals surface area contributed by atoms with Crippen LogP contribution >= 0.6 is 11.6 Å². The molecule has 1 aromatic carbocycles. The molecule has 1 aliphatic rings. The quantitative estimate of drug-likeness (QED) is 0.815. The molecule has 1 aliphatic carbocycles. The Bertz CT molecular complexity index is 580. The molecule has 2 N–H and O–H groups in total. The van der Waals surface area contributed by atoms with E-state index in [9.17, 15) is 13.2 Å². The van der Waals surface area contributed by atoms with Crippen LogP contribution in [0.15, 0.2) is 29.2 Å². The predicted octanol–water partition coefficient (Wildman–Crippen LogP) is 1.94. The third-order valence-electron chi connectivity index (χ3n) is 3.23. The minimum atomic E-state index is -3.50. The first-order valence-electron chi connectivity index (χ1n) is 6.38. The molecule has 1 fully saturated rings. The van der Waals surface area contributed by atoms with Crippen LogP contribution in [0.5, 0.6) is 0 Å². The van der Waals surface area contributed by atoms with Gasteiger partial charge in [-0.1, -0.05) is 0 Å². The van der Waals surface area contributed by atoms with Crippen LogP contribution in [-0.4, -0.2) is 26.2 Å². The SMILES string of the molecule is CC(=O)Nc1ccc(S(=O)(=O)NCC2CC(Cl)C2)cc1. The lowest BCUT2D eigenvalue weighted by molar-refractivity contribution is -0.114. The van der Waals surface area contributed by atoms with Gasteiger partial charge in [-0.25, -0.2) is 13.1 Å². The normalized spacial score (nSPS) is 22.1. The van der Waals surface area contributed by atoms with Gasteiger partial charge in [0.05, 0.1) is 4.90 Å². The summed E-state index contributed by atoms with van der Waals surface area (Å²) in [5.74, 6) is 0.130. The van der Waals surface area contributed by atoms with Gasteiger partial charge in [0.15, 0.2) is 0 Å². The van der Waals surface area contributed by atoms with Crippen molar-refractivity contribution in [3.63, 3.8) is 0 Å². The fourth-order valence-corrected chi connectivity index (χ4v) is 3.67. The number of carbonyl (C=O) groups excluding carboxylic acids is 1.